The maximum atomic E-state index is 12.3. The Bertz CT molecular complexity index is 1100. The lowest BCUT2D eigenvalue weighted by atomic mass is 10.1. The summed E-state index contributed by atoms with van der Waals surface area (Å²) in [5.41, 5.74) is 1.55. The number of carbonyl (C=O) groups is 1. The van der Waals surface area contributed by atoms with E-state index in [1.54, 1.807) is 40.3 Å². The first-order chi connectivity index (χ1) is 13.9. The third-order valence-electron chi connectivity index (χ3n) is 4.63. The zero-order chi connectivity index (χ0) is 20.4. The van der Waals surface area contributed by atoms with Gasteiger partial charge >= 0.3 is 0 Å². The van der Waals surface area contributed by atoms with Crippen LogP contribution in [0, 0.1) is 6.92 Å². The third kappa shape index (κ3) is 4.32. The molecule has 11 nitrogen and oxygen atoms in total. The van der Waals surface area contributed by atoms with Crippen molar-refractivity contribution in [3.63, 3.8) is 0 Å². The number of nitrogens with one attached hydrogen (secondary N) is 1. The summed E-state index contributed by atoms with van der Waals surface area (Å²) in [4.78, 5) is 15.5. The summed E-state index contributed by atoms with van der Waals surface area (Å²) in [6.07, 6.45) is 4.98. The summed E-state index contributed by atoms with van der Waals surface area (Å²) in [7, 11) is -3.72. The average Bonchev–Trinajstić information content (AvgIpc) is 3.32. The molecule has 1 aliphatic rings. The smallest absolute Gasteiger partial charge is 0.241 e. The van der Waals surface area contributed by atoms with Gasteiger partial charge in [0.25, 0.3) is 0 Å². The number of carbonyl (C=O) groups excluding carboxylic acids is 1. The predicted octanol–water partition coefficient (Wildman–Crippen LogP) is -0.412. The first-order valence-corrected chi connectivity index (χ1v) is 10.5. The topological polar surface area (TPSA) is 128 Å². The molecule has 3 aromatic rings. The molecule has 1 amide bonds. The maximum absolute atomic E-state index is 12.3. The summed E-state index contributed by atoms with van der Waals surface area (Å²) < 4.78 is 28.7. The van der Waals surface area contributed by atoms with Crippen molar-refractivity contribution in [2.45, 2.75) is 24.4 Å². The molecule has 0 unspecified atom stereocenters. The van der Waals surface area contributed by atoms with Gasteiger partial charge in [-0.2, -0.15) is 15.0 Å². The van der Waals surface area contributed by atoms with Crippen LogP contribution in [-0.4, -0.2) is 68.8 Å². The fourth-order valence-electron chi connectivity index (χ4n) is 2.99. The van der Waals surface area contributed by atoms with Crippen molar-refractivity contribution in [2.24, 2.45) is 0 Å². The Kier molecular flexibility index (Phi) is 5.11. The van der Waals surface area contributed by atoms with Crippen molar-refractivity contribution in [2.75, 3.05) is 19.6 Å². The standard InChI is InChI=1S/C17H20N8O3S/c1-13-3-2-4-16(7-13)29(27,28)20-8-17(26)23-11-15(12-23)24-9-14(21-22-24)10-25-18-5-6-19-25/h2-7,9,15,20H,8,10-12H2,1H3. The molecule has 0 spiro atoms. The molecule has 3 heterocycles. The predicted molar refractivity (Wildman–Crippen MR) is 101 cm³/mol. The van der Waals surface area contributed by atoms with Gasteiger partial charge in [0.05, 0.1) is 36.1 Å². The lowest BCUT2D eigenvalue weighted by molar-refractivity contribution is -0.135. The largest absolute Gasteiger partial charge is 0.337 e. The van der Waals surface area contributed by atoms with Crippen molar-refractivity contribution in [1.29, 1.82) is 0 Å². The highest BCUT2D eigenvalue weighted by Gasteiger charge is 2.33. The third-order valence-corrected chi connectivity index (χ3v) is 6.03. The number of amides is 1. The van der Waals surface area contributed by atoms with Crippen LogP contribution < -0.4 is 4.72 Å². The fourth-order valence-corrected chi connectivity index (χ4v) is 4.07. The van der Waals surface area contributed by atoms with E-state index in [9.17, 15) is 13.2 Å². The van der Waals surface area contributed by atoms with Gasteiger partial charge in [0.1, 0.15) is 12.2 Å². The highest BCUT2D eigenvalue weighted by molar-refractivity contribution is 7.89. The number of rotatable bonds is 7. The van der Waals surface area contributed by atoms with E-state index in [-0.39, 0.29) is 23.4 Å². The van der Waals surface area contributed by atoms with Crippen LogP contribution in [0.2, 0.25) is 0 Å². The minimum absolute atomic E-state index is 0.0131. The molecule has 0 bridgehead atoms. The van der Waals surface area contributed by atoms with E-state index in [1.165, 1.54) is 10.9 Å². The van der Waals surface area contributed by atoms with Gasteiger partial charge in [0, 0.05) is 13.1 Å². The average molecular weight is 416 g/mol. The summed E-state index contributed by atoms with van der Waals surface area (Å²) in [5, 5.41) is 16.2. The molecule has 0 atom stereocenters. The molecule has 0 saturated carbocycles. The summed E-state index contributed by atoms with van der Waals surface area (Å²) in [6, 6.07) is 6.55. The van der Waals surface area contributed by atoms with E-state index in [2.05, 4.69) is 25.2 Å². The van der Waals surface area contributed by atoms with Crippen molar-refractivity contribution in [3.8, 4) is 0 Å². The number of aromatic nitrogens is 6. The van der Waals surface area contributed by atoms with Gasteiger partial charge in [-0.1, -0.05) is 17.3 Å². The SMILES string of the molecule is Cc1cccc(S(=O)(=O)NCC(=O)N2CC(n3cc(Cn4nccn4)nn3)C2)c1. The number of nitrogens with zero attached hydrogens (tertiary/aromatic N) is 7. The number of aryl methyl sites for hydroxylation is 1. The normalized spacial score (nSPS) is 14.7. The van der Waals surface area contributed by atoms with E-state index in [0.717, 1.165) is 11.3 Å². The number of hydrogen-bond acceptors (Lipinski definition) is 7. The minimum Gasteiger partial charge on any atom is -0.337 e. The van der Waals surface area contributed by atoms with Crippen LogP contribution in [0.25, 0.3) is 0 Å². The Morgan fingerprint density at radius 2 is 2.00 bits per heavy atom. The van der Waals surface area contributed by atoms with Crippen LogP contribution in [-0.2, 0) is 21.4 Å². The van der Waals surface area contributed by atoms with Gasteiger partial charge in [-0.3, -0.25) is 4.79 Å². The lowest BCUT2D eigenvalue weighted by Crippen LogP contribution is -2.53. The molecular weight excluding hydrogens is 396 g/mol. The molecule has 1 aliphatic heterocycles. The van der Waals surface area contributed by atoms with Gasteiger partial charge in [0.15, 0.2) is 0 Å². The maximum Gasteiger partial charge on any atom is 0.241 e. The van der Waals surface area contributed by atoms with E-state index >= 15 is 0 Å². The first-order valence-electron chi connectivity index (χ1n) is 8.99. The molecule has 0 radical (unpaired) electrons. The Morgan fingerprint density at radius 3 is 2.72 bits per heavy atom. The summed E-state index contributed by atoms with van der Waals surface area (Å²) >= 11 is 0. The van der Waals surface area contributed by atoms with Gasteiger partial charge in [0.2, 0.25) is 15.9 Å². The number of hydrogen-bond donors (Lipinski definition) is 1. The van der Waals surface area contributed by atoms with Crippen LogP contribution in [0.1, 0.15) is 17.3 Å². The minimum atomic E-state index is -3.72. The second kappa shape index (κ2) is 7.72. The molecule has 1 N–H and O–H groups in total. The van der Waals surface area contributed by atoms with Crippen molar-refractivity contribution in [1.82, 2.24) is 39.6 Å². The van der Waals surface area contributed by atoms with Crippen LogP contribution in [0.4, 0.5) is 0 Å². The fraction of sp³-hybridized carbons (Fsp3) is 0.353. The van der Waals surface area contributed by atoms with E-state index < -0.39 is 10.0 Å². The Labute approximate surface area is 167 Å². The Morgan fingerprint density at radius 1 is 1.24 bits per heavy atom. The van der Waals surface area contributed by atoms with Crippen LogP contribution >= 0.6 is 0 Å². The highest BCUT2D eigenvalue weighted by atomic mass is 32.2. The first kappa shape index (κ1) is 19.2. The number of benzene rings is 1. The molecular formula is C17H20N8O3S. The molecule has 0 aliphatic carbocycles. The zero-order valence-electron chi connectivity index (χ0n) is 15.7. The lowest BCUT2D eigenvalue weighted by Gasteiger charge is -2.38. The molecule has 4 rings (SSSR count). The van der Waals surface area contributed by atoms with E-state index in [1.807, 2.05) is 13.0 Å². The summed E-state index contributed by atoms with van der Waals surface area (Å²) in [6.45, 7) is 2.85. The molecule has 2 aromatic heterocycles. The van der Waals surface area contributed by atoms with Crippen LogP contribution in [0.15, 0.2) is 47.8 Å². The molecule has 29 heavy (non-hydrogen) atoms. The molecule has 1 aromatic carbocycles. The second-order valence-electron chi connectivity index (χ2n) is 6.84. The Hall–Kier alpha value is -3.12. The van der Waals surface area contributed by atoms with Gasteiger partial charge in [-0.25, -0.2) is 17.8 Å². The van der Waals surface area contributed by atoms with Crippen LogP contribution in [0.5, 0.6) is 0 Å². The van der Waals surface area contributed by atoms with Gasteiger partial charge in [-0.05, 0) is 24.6 Å². The quantitative estimate of drug-likeness (QED) is 0.554. The van der Waals surface area contributed by atoms with Crippen molar-refractivity contribution in [3.05, 3.63) is 54.1 Å². The zero-order valence-corrected chi connectivity index (χ0v) is 16.5. The van der Waals surface area contributed by atoms with Gasteiger partial charge in [-0.15, -0.1) is 5.10 Å². The Balaban J connectivity index is 1.28. The van der Waals surface area contributed by atoms with Crippen molar-refractivity contribution < 1.29 is 13.2 Å². The van der Waals surface area contributed by atoms with Gasteiger partial charge < -0.3 is 4.90 Å². The molecule has 1 fully saturated rings. The molecule has 1 saturated heterocycles. The molecule has 152 valence electrons. The monoisotopic (exact) mass is 416 g/mol. The number of sulfonamides is 1. The number of likely N-dealkylation sites (tertiary alicyclic amines) is 1. The summed E-state index contributed by atoms with van der Waals surface area (Å²) in [5.74, 6) is -0.279. The van der Waals surface area contributed by atoms with E-state index in [4.69, 9.17) is 0 Å². The van der Waals surface area contributed by atoms with Crippen molar-refractivity contribution >= 4 is 15.9 Å². The van der Waals surface area contributed by atoms with Crippen LogP contribution in [0.3, 0.4) is 0 Å². The van der Waals surface area contributed by atoms with E-state index in [0.29, 0.717) is 19.6 Å². The molecule has 12 heteroatoms. The second-order valence-corrected chi connectivity index (χ2v) is 8.61. The highest BCUT2D eigenvalue weighted by Crippen LogP contribution is 2.20.